The van der Waals surface area contributed by atoms with E-state index >= 15 is 0 Å². The Bertz CT molecular complexity index is 1010. The van der Waals surface area contributed by atoms with Crippen molar-refractivity contribution in [2.75, 3.05) is 37.6 Å². The van der Waals surface area contributed by atoms with E-state index in [1.807, 2.05) is 24.3 Å². The number of hydrogen-bond acceptors (Lipinski definition) is 4. The maximum atomic E-state index is 13.0. The van der Waals surface area contributed by atoms with Crippen molar-refractivity contribution < 1.29 is 14.4 Å². The highest BCUT2D eigenvalue weighted by molar-refractivity contribution is 6.30. The van der Waals surface area contributed by atoms with Crippen molar-refractivity contribution in [3.05, 3.63) is 76.8 Å². The Hall–Kier alpha value is -3.12. The quantitative estimate of drug-likeness (QED) is 0.575. The molecule has 2 heterocycles. The summed E-state index contributed by atoms with van der Waals surface area (Å²) in [6.07, 6.45) is 1.51. The van der Waals surface area contributed by atoms with Gasteiger partial charge in [0.05, 0.1) is 11.1 Å². The Balaban J connectivity index is 1.47. The number of carbonyl (C=O) groups is 3. The Labute approximate surface area is 174 Å². The lowest BCUT2D eigenvalue weighted by molar-refractivity contribution is 0.0671. The van der Waals surface area contributed by atoms with Gasteiger partial charge < -0.3 is 9.80 Å². The second kappa shape index (κ2) is 7.72. The van der Waals surface area contributed by atoms with Gasteiger partial charge in [0.2, 0.25) is 0 Å². The van der Waals surface area contributed by atoms with Gasteiger partial charge in [-0.2, -0.15) is 0 Å². The second-order valence-corrected chi connectivity index (χ2v) is 7.47. The summed E-state index contributed by atoms with van der Waals surface area (Å²) in [5, 5.41) is 0.684. The zero-order chi connectivity index (χ0) is 20.5. The third-order valence-corrected chi connectivity index (χ3v) is 5.50. The van der Waals surface area contributed by atoms with E-state index in [-0.39, 0.29) is 29.8 Å². The minimum atomic E-state index is -0.384. The van der Waals surface area contributed by atoms with Gasteiger partial charge in [-0.05, 0) is 36.4 Å². The molecule has 3 amide bonds. The molecule has 29 heavy (non-hydrogen) atoms. The highest BCUT2D eigenvalue weighted by atomic mass is 35.5. The van der Waals surface area contributed by atoms with Gasteiger partial charge in [-0.25, -0.2) is 0 Å². The van der Waals surface area contributed by atoms with Crippen molar-refractivity contribution in [2.45, 2.75) is 0 Å². The molecule has 0 N–H and O–H groups in total. The molecule has 4 rings (SSSR count). The van der Waals surface area contributed by atoms with Crippen LogP contribution in [0.5, 0.6) is 0 Å². The first-order valence-electron chi connectivity index (χ1n) is 9.40. The number of fused-ring (bicyclic) bond motifs is 1. The molecular formula is C22H20ClN3O3. The highest BCUT2D eigenvalue weighted by Gasteiger charge is 2.35. The minimum absolute atomic E-state index is 0.138. The number of anilines is 1. The summed E-state index contributed by atoms with van der Waals surface area (Å²) in [5.74, 6) is -0.870. The molecule has 0 spiro atoms. The lowest BCUT2D eigenvalue weighted by Crippen LogP contribution is -2.48. The fourth-order valence-electron chi connectivity index (χ4n) is 3.74. The highest BCUT2D eigenvalue weighted by Crippen LogP contribution is 2.25. The zero-order valence-corrected chi connectivity index (χ0v) is 16.6. The monoisotopic (exact) mass is 409 g/mol. The molecule has 2 aromatic rings. The average Bonchev–Trinajstić information content (AvgIpc) is 2.98. The van der Waals surface area contributed by atoms with Gasteiger partial charge in [0.25, 0.3) is 17.7 Å². The van der Waals surface area contributed by atoms with Crippen LogP contribution in [0.1, 0.15) is 31.1 Å². The minimum Gasteiger partial charge on any atom is -0.368 e. The molecule has 2 aliphatic rings. The van der Waals surface area contributed by atoms with Crippen LogP contribution in [0.15, 0.2) is 55.1 Å². The molecule has 0 radical (unpaired) electrons. The van der Waals surface area contributed by atoms with E-state index in [2.05, 4.69) is 11.5 Å². The molecule has 0 unspecified atom stereocenters. The van der Waals surface area contributed by atoms with E-state index in [0.29, 0.717) is 42.3 Å². The number of rotatable bonds is 4. The standard InChI is InChI=1S/C22H20ClN3O3/c1-2-8-26-21(28)18-7-6-15(13-19(18)22(26)29)20(27)25-11-9-24(10-12-25)17-5-3-4-16(23)14-17/h2-7,13-14H,1,8-12H2. The number of nitrogens with zero attached hydrogens (tertiary/aromatic N) is 3. The van der Waals surface area contributed by atoms with Gasteiger partial charge in [0.1, 0.15) is 0 Å². The van der Waals surface area contributed by atoms with Gasteiger partial charge in [0, 0.05) is 49.0 Å². The summed E-state index contributed by atoms with van der Waals surface area (Å²) in [5.41, 5.74) is 2.06. The van der Waals surface area contributed by atoms with Crippen molar-refractivity contribution in [1.82, 2.24) is 9.80 Å². The third-order valence-electron chi connectivity index (χ3n) is 5.27. The SMILES string of the molecule is C=CCN1C(=O)c2ccc(C(=O)N3CCN(c4cccc(Cl)c4)CC3)cc2C1=O. The summed E-state index contributed by atoms with van der Waals surface area (Å²) in [4.78, 5) is 42.9. The molecule has 2 aromatic carbocycles. The number of hydrogen-bond donors (Lipinski definition) is 0. The first-order chi connectivity index (χ1) is 14.0. The summed E-state index contributed by atoms with van der Waals surface area (Å²) in [6.45, 7) is 6.26. The number of imide groups is 1. The Morgan fingerprint density at radius 3 is 2.41 bits per heavy atom. The van der Waals surface area contributed by atoms with Crippen LogP contribution in [0.2, 0.25) is 5.02 Å². The zero-order valence-electron chi connectivity index (χ0n) is 15.8. The molecule has 6 nitrogen and oxygen atoms in total. The Kier molecular flexibility index (Phi) is 5.11. The van der Waals surface area contributed by atoms with Crippen LogP contribution in [-0.4, -0.2) is 60.2 Å². The van der Waals surface area contributed by atoms with Gasteiger partial charge in [-0.3, -0.25) is 19.3 Å². The normalized spacial score (nSPS) is 16.2. The predicted octanol–water partition coefficient (Wildman–Crippen LogP) is 3.08. The van der Waals surface area contributed by atoms with Crippen molar-refractivity contribution in [3.8, 4) is 0 Å². The molecule has 2 aliphatic heterocycles. The van der Waals surface area contributed by atoms with Crippen LogP contribution in [0.25, 0.3) is 0 Å². The average molecular weight is 410 g/mol. The van der Waals surface area contributed by atoms with Crippen molar-refractivity contribution in [2.24, 2.45) is 0 Å². The lowest BCUT2D eigenvalue weighted by atomic mass is 10.0. The molecule has 148 valence electrons. The summed E-state index contributed by atoms with van der Waals surface area (Å²) in [7, 11) is 0. The number of carbonyl (C=O) groups excluding carboxylic acids is 3. The summed E-state index contributed by atoms with van der Waals surface area (Å²) in [6, 6.07) is 12.4. The van der Waals surface area contributed by atoms with Crippen LogP contribution in [0.4, 0.5) is 5.69 Å². The van der Waals surface area contributed by atoms with Crippen LogP contribution in [0, 0.1) is 0 Å². The van der Waals surface area contributed by atoms with Crippen LogP contribution in [0.3, 0.4) is 0 Å². The number of piperazine rings is 1. The number of benzene rings is 2. The maximum absolute atomic E-state index is 13.0. The number of halogens is 1. The Morgan fingerprint density at radius 2 is 1.72 bits per heavy atom. The summed E-state index contributed by atoms with van der Waals surface area (Å²) >= 11 is 6.07. The maximum Gasteiger partial charge on any atom is 0.261 e. The van der Waals surface area contributed by atoms with Gasteiger partial charge in [-0.1, -0.05) is 23.7 Å². The molecule has 0 bridgehead atoms. The molecule has 0 atom stereocenters. The smallest absolute Gasteiger partial charge is 0.261 e. The van der Waals surface area contributed by atoms with Crippen molar-refractivity contribution in [1.29, 1.82) is 0 Å². The fourth-order valence-corrected chi connectivity index (χ4v) is 3.93. The topological polar surface area (TPSA) is 60.9 Å². The van der Waals surface area contributed by atoms with E-state index in [9.17, 15) is 14.4 Å². The van der Waals surface area contributed by atoms with E-state index in [1.54, 1.807) is 17.0 Å². The number of amides is 3. The molecule has 7 heteroatoms. The Morgan fingerprint density at radius 1 is 1.00 bits per heavy atom. The first-order valence-corrected chi connectivity index (χ1v) is 9.78. The van der Waals surface area contributed by atoms with Crippen LogP contribution < -0.4 is 4.90 Å². The van der Waals surface area contributed by atoms with Crippen molar-refractivity contribution >= 4 is 35.0 Å². The van der Waals surface area contributed by atoms with E-state index < -0.39 is 0 Å². The van der Waals surface area contributed by atoms with Crippen LogP contribution in [-0.2, 0) is 0 Å². The fraction of sp³-hybridized carbons (Fsp3) is 0.227. The predicted molar refractivity (Wildman–Crippen MR) is 112 cm³/mol. The van der Waals surface area contributed by atoms with Gasteiger partial charge in [-0.15, -0.1) is 6.58 Å². The van der Waals surface area contributed by atoms with E-state index in [0.717, 1.165) is 10.6 Å². The van der Waals surface area contributed by atoms with Crippen molar-refractivity contribution in [3.63, 3.8) is 0 Å². The summed E-state index contributed by atoms with van der Waals surface area (Å²) < 4.78 is 0. The largest absolute Gasteiger partial charge is 0.368 e. The molecule has 1 saturated heterocycles. The lowest BCUT2D eigenvalue weighted by Gasteiger charge is -2.36. The molecule has 0 aliphatic carbocycles. The first kappa shape index (κ1) is 19.2. The van der Waals surface area contributed by atoms with E-state index in [1.165, 1.54) is 12.1 Å². The molecule has 1 fully saturated rings. The van der Waals surface area contributed by atoms with E-state index in [4.69, 9.17) is 11.6 Å². The molecular weight excluding hydrogens is 390 g/mol. The van der Waals surface area contributed by atoms with Crippen LogP contribution >= 0.6 is 11.6 Å². The van der Waals surface area contributed by atoms with Gasteiger partial charge >= 0.3 is 0 Å². The van der Waals surface area contributed by atoms with Gasteiger partial charge in [0.15, 0.2) is 0 Å². The second-order valence-electron chi connectivity index (χ2n) is 7.03. The third kappa shape index (κ3) is 3.51. The molecule has 0 saturated carbocycles. The molecule has 0 aromatic heterocycles.